The molecule has 12 heteroatoms. The molecule has 2 aromatic carbocycles. The highest BCUT2D eigenvalue weighted by Gasteiger charge is 2.47. The molecule has 2 aliphatic heterocycles. The molecule has 0 spiro atoms. The van der Waals surface area contributed by atoms with Crippen molar-refractivity contribution in [1.82, 2.24) is 9.78 Å². The Bertz CT molecular complexity index is 1250. The van der Waals surface area contributed by atoms with E-state index in [0.29, 0.717) is 28.5 Å². The molecule has 0 bridgehead atoms. The number of benzene rings is 2. The Morgan fingerprint density at radius 3 is 2.65 bits per heavy atom. The topological polar surface area (TPSA) is 86.6 Å². The van der Waals surface area contributed by atoms with Gasteiger partial charge in [-0.25, -0.2) is 4.68 Å². The Kier molecular flexibility index (Phi) is 5.43. The summed E-state index contributed by atoms with van der Waals surface area (Å²) in [5.41, 5.74) is 0.643. The maximum absolute atomic E-state index is 14.0. The van der Waals surface area contributed by atoms with Gasteiger partial charge in [-0.15, -0.1) is 0 Å². The second-order valence-corrected chi connectivity index (χ2v) is 8.12. The number of amides is 1. The summed E-state index contributed by atoms with van der Waals surface area (Å²) in [4.78, 5) is 12.9. The van der Waals surface area contributed by atoms with E-state index in [4.69, 9.17) is 25.8 Å². The number of halogens is 4. The van der Waals surface area contributed by atoms with Crippen LogP contribution in [0, 0.1) is 0 Å². The van der Waals surface area contributed by atoms with Gasteiger partial charge in [0.05, 0.1) is 13.2 Å². The van der Waals surface area contributed by atoms with Crippen LogP contribution in [-0.4, -0.2) is 35.8 Å². The van der Waals surface area contributed by atoms with E-state index in [0.717, 1.165) is 4.68 Å². The Morgan fingerprint density at radius 1 is 1.21 bits per heavy atom. The van der Waals surface area contributed by atoms with Crippen molar-refractivity contribution in [3.05, 3.63) is 58.7 Å². The van der Waals surface area contributed by atoms with E-state index in [-0.39, 0.29) is 29.7 Å². The molecule has 5 rings (SSSR count). The Labute approximate surface area is 196 Å². The van der Waals surface area contributed by atoms with E-state index >= 15 is 0 Å². The van der Waals surface area contributed by atoms with Crippen molar-refractivity contribution in [2.75, 3.05) is 24.5 Å². The van der Waals surface area contributed by atoms with E-state index in [1.54, 1.807) is 42.5 Å². The summed E-state index contributed by atoms with van der Waals surface area (Å²) in [5, 5.41) is 9.33. The third kappa shape index (κ3) is 3.96. The minimum Gasteiger partial charge on any atom is -0.497 e. The summed E-state index contributed by atoms with van der Waals surface area (Å²) in [5.74, 6) is 0.711. The highest BCUT2D eigenvalue weighted by molar-refractivity contribution is 6.36. The molecule has 0 aliphatic carbocycles. The second-order valence-electron chi connectivity index (χ2n) is 7.74. The Morgan fingerprint density at radius 2 is 1.94 bits per heavy atom. The molecule has 8 nitrogen and oxygen atoms in total. The molecule has 0 saturated carbocycles. The normalized spacial score (nSPS) is 18.7. The lowest BCUT2D eigenvalue weighted by Gasteiger charge is -2.33. The zero-order valence-corrected chi connectivity index (χ0v) is 18.4. The highest BCUT2D eigenvalue weighted by atomic mass is 35.5. The van der Waals surface area contributed by atoms with Crippen LogP contribution in [-0.2, 0) is 0 Å². The van der Waals surface area contributed by atoms with Gasteiger partial charge in [-0.1, -0.05) is 23.7 Å². The van der Waals surface area contributed by atoms with Crippen LogP contribution in [0.15, 0.2) is 42.5 Å². The summed E-state index contributed by atoms with van der Waals surface area (Å²) in [7, 11) is 1.50. The van der Waals surface area contributed by atoms with Crippen molar-refractivity contribution >= 4 is 29.0 Å². The lowest BCUT2D eigenvalue weighted by molar-refractivity contribution is -0.173. The first-order valence-corrected chi connectivity index (χ1v) is 10.6. The molecule has 34 heavy (non-hydrogen) atoms. The minimum absolute atomic E-state index is 0.0617. The smallest absolute Gasteiger partial charge is 0.410 e. The number of nitrogens with zero attached hydrogens (tertiary/aromatic N) is 2. The van der Waals surface area contributed by atoms with Crippen LogP contribution < -0.4 is 24.8 Å². The number of aromatic nitrogens is 2. The van der Waals surface area contributed by atoms with Gasteiger partial charge in [0.25, 0.3) is 5.91 Å². The number of hydrogen-bond acceptors (Lipinski definition) is 6. The van der Waals surface area contributed by atoms with Crippen molar-refractivity contribution < 1.29 is 32.2 Å². The summed E-state index contributed by atoms with van der Waals surface area (Å²) in [6.45, 7) is 0.0617. The van der Waals surface area contributed by atoms with Gasteiger partial charge in [0.1, 0.15) is 16.6 Å². The van der Waals surface area contributed by atoms with Crippen LogP contribution in [0.4, 0.5) is 24.7 Å². The molecular weight excluding hydrogens is 477 g/mol. The molecule has 1 amide bonds. The monoisotopic (exact) mass is 494 g/mol. The minimum atomic E-state index is -4.61. The van der Waals surface area contributed by atoms with Gasteiger partial charge in [0, 0.05) is 18.2 Å². The third-order valence-corrected chi connectivity index (χ3v) is 6.02. The van der Waals surface area contributed by atoms with Crippen LogP contribution in [0.25, 0.3) is 0 Å². The fraction of sp³-hybridized carbons (Fsp3) is 0.273. The van der Waals surface area contributed by atoms with Crippen LogP contribution >= 0.6 is 11.6 Å². The zero-order chi connectivity index (χ0) is 24.0. The number of fused-ring (bicyclic) bond motifs is 2. The lowest BCUT2D eigenvalue weighted by Crippen LogP contribution is -2.35. The molecule has 2 N–H and O–H groups in total. The van der Waals surface area contributed by atoms with Gasteiger partial charge in [0.15, 0.2) is 23.2 Å². The molecule has 2 atom stereocenters. The number of rotatable bonds is 4. The number of alkyl halides is 3. The largest absolute Gasteiger partial charge is 0.497 e. The SMILES string of the molecule is COc1ccc([C@H]2C[C@@H](C(F)(F)F)n3nc(C(=O)Nc4ccc5c(c4)OCO5)c(Cl)c3N2)cc1. The van der Waals surface area contributed by atoms with Gasteiger partial charge in [-0.3, -0.25) is 4.79 Å². The van der Waals surface area contributed by atoms with Crippen molar-refractivity contribution in [2.45, 2.75) is 24.7 Å². The van der Waals surface area contributed by atoms with E-state index in [1.807, 2.05) is 0 Å². The molecule has 1 aromatic heterocycles. The first-order valence-electron chi connectivity index (χ1n) is 10.2. The number of hydrogen-bond donors (Lipinski definition) is 2. The summed E-state index contributed by atoms with van der Waals surface area (Å²) >= 11 is 6.37. The van der Waals surface area contributed by atoms with Crippen LogP contribution in [0.5, 0.6) is 17.2 Å². The van der Waals surface area contributed by atoms with Crippen molar-refractivity contribution in [3.8, 4) is 17.2 Å². The molecule has 3 aromatic rings. The standard InChI is InChI=1S/C22H18ClF3N4O4/c1-32-13-5-2-11(3-6-13)14-9-17(22(24,25)26)30-20(28-14)18(23)19(29-30)21(31)27-12-4-7-15-16(8-12)34-10-33-15/h2-8,14,17,28H,9-10H2,1H3,(H,27,31)/t14-,17+/m1/s1. The first kappa shape index (κ1) is 22.2. The lowest BCUT2D eigenvalue weighted by atomic mass is 9.97. The van der Waals surface area contributed by atoms with Crippen LogP contribution in [0.2, 0.25) is 5.02 Å². The summed E-state index contributed by atoms with van der Waals surface area (Å²) in [6.07, 6.45) is -4.94. The van der Waals surface area contributed by atoms with Crippen LogP contribution in [0.3, 0.4) is 0 Å². The van der Waals surface area contributed by atoms with Gasteiger partial charge >= 0.3 is 6.18 Å². The molecular formula is C22H18ClF3N4O4. The summed E-state index contributed by atoms with van der Waals surface area (Å²) < 4.78 is 58.2. The number of carbonyl (C=O) groups excluding carboxylic acids is 1. The van der Waals surface area contributed by atoms with Gasteiger partial charge in [0.2, 0.25) is 6.79 Å². The van der Waals surface area contributed by atoms with Crippen molar-refractivity contribution in [2.24, 2.45) is 0 Å². The summed E-state index contributed by atoms with van der Waals surface area (Å²) in [6, 6.07) is 8.73. The Hall–Kier alpha value is -3.60. The first-order chi connectivity index (χ1) is 16.2. The van der Waals surface area contributed by atoms with Crippen molar-refractivity contribution in [3.63, 3.8) is 0 Å². The van der Waals surface area contributed by atoms with Gasteiger partial charge in [-0.05, 0) is 29.8 Å². The van der Waals surface area contributed by atoms with Crippen LogP contribution in [0.1, 0.15) is 34.6 Å². The molecule has 0 saturated heterocycles. The third-order valence-electron chi connectivity index (χ3n) is 5.66. The van der Waals surface area contributed by atoms with Gasteiger partial charge < -0.3 is 24.8 Å². The molecule has 2 aliphatic rings. The van der Waals surface area contributed by atoms with E-state index in [2.05, 4.69) is 15.7 Å². The Balaban J connectivity index is 1.46. The molecule has 0 unspecified atom stereocenters. The van der Waals surface area contributed by atoms with Crippen molar-refractivity contribution in [1.29, 1.82) is 0 Å². The van der Waals surface area contributed by atoms with E-state index in [1.165, 1.54) is 7.11 Å². The van der Waals surface area contributed by atoms with E-state index in [9.17, 15) is 18.0 Å². The second kappa shape index (κ2) is 8.32. The quantitative estimate of drug-likeness (QED) is 0.519. The van der Waals surface area contributed by atoms with E-state index < -0.39 is 24.2 Å². The molecule has 0 fully saturated rings. The predicted molar refractivity (Wildman–Crippen MR) is 117 cm³/mol. The fourth-order valence-corrected chi connectivity index (χ4v) is 4.22. The number of anilines is 2. The molecule has 0 radical (unpaired) electrons. The predicted octanol–water partition coefficient (Wildman–Crippen LogP) is 5.19. The number of ether oxygens (including phenoxy) is 3. The molecule has 3 heterocycles. The van der Waals surface area contributed by atoms with Gasteiger partial charge in [-0.2, -0.15) is 18.3 Å². The zero-order valence-electron chi connectivity index (χ0n) is 17.6. The maximum Gasteiger partial charge on any atom is 0.410 e. The highest BCUT2D eigenvalue weighted by Crippen LogP contribution is 2.46. The number of methoxy groups -OCH3 is 1. The number of carbonyl (C=O) groups is 1. The molecule has 178 valence electrons. The fourth-order valence-electron chi connectivity index (χ4n) is 3.95. The number of nitrogens with one attached hydrogen (secondary N) is 2. The maximum atomic E-state index is 14.0. The average Bonchev–Trinajstić information content (AvgIpc) is 3.42. The average molecular weight is 495 g/mol.